The molecule has 1 aliphatic rings. The molecule has 0 aromatic heterocycles. The highest BCUT2D eigenvalue weighted by Crippen LogP contribution is 2.31. The zero-order chi connectivity index (χ0) is 24.1. The van der Waals surface area contributed by atoms with Gasteiger partial charge in [-0.1, -0.05) is 18.2 Å². The molecule has 3 aromatic rings. The number of carbonyl (C=O) groups is 2. The van der Waals surface area contributed by atoms with Crippen molar-refractivity contribution in [2.75, 3.05) is 13.7 Å². The van der Waals surface area contributed by atoms with E-state index in [1.54, 1.807) is 55.5 Å². The molecule has 0 amide bonds. The highest BCUT2D eigenvalue weighted by atomic mass is 19.1. The first-order valence-electron chi connectivity index (χ1n) is 10.4. The van der Waals surface area contributed by atoms with E-state index in [0.29, 0.717) is 34.8 Å². The Morgan fingerprint density at radius 3 is 2.65 bits per heavy atom. The number of nitrogens with zero attached hydrogens (tertiary/aromatic N) is 1. The first kappa shape index (κ1) is 22.7. The van der Waals surface area contributed by atoms with E-state index in [-0.39, 0.29) is 17.3 Å². The molecule has 0 N–H and O–H groups in total. The number of aliphatic imine (C=N–C) groups is 1. The Kier molecular flexibility index (Phi) is 6.68. The molecule has 34 heavy (non-hydrogen) atoms. The molecule has 0 atom stereocenters. The topological polar surface area (TPSA) is 83.4 Å². The van der Waals surface area contributed by atoms with Crippen LogP contribution < -0.4 is 14.2 Å². The highest BCUT2D eigenvalue weighted by molar-refractivity contribution is 6.12. The number of hydrogen-bond acceptors (Lipinski definition) is 7. The SMILES string of the molecule is CCOc1cc(C=C2N=C(c3cccc(F)c3)OC2=O)ccc1OC(=O)c1cccc(OC)c1. The number of cyclic esters (lactones) is 1. The third-order valence-corrected chi connectivity index (χ3v) is 4.77. The van der Waals surface area contributed by atoms with Gasteiger partial charge in [-0.05, 0) is 67.1 Å². The summed E-state index contributed by atoms with van der Waals surface area (Å²) in [6.07, 6.45) is 1.50. The molecular weight excluding hydrogens is 441 g/mol. The van der Waals surface area contributed by atoms with Crippen LogP contribution in [-0.2, 0) is 9.53 Å². The molecule has 7 nitrogen and oxygen atoms in total. The number of rotatable bonds is 7. The van der Waals surface area contributed by atoms with Crippen molar-refractivity contribution in [2.24, 2.45) is 4.99 Å². The number of benzene rings is 3. The van der Waals surface area contributed by atoms with Gasteiger partial charge in [0.15, 0.2) is 17.2 Å². The molecule has 0 spiro atoms. The van der Waals surface area contributed by atoms with Crippen LogP contribution >= 0.6 is 0 Å². The zero-order valence-corrected chi connectivity index (χ0v) is 18.4. The summed E-state index contributed by atoms with van der Waals surface area (Å²) in [5.41, 5.74) is 1.29. The summed E-state index contributed by atoms with van der Waals surface area (Å²) in [5.74, 6) is -0.620. The number of ether oxygens (including phenoxy) is 4. The van der Waals surface area contributed by atoms with Crippen molar-refractivity contribution >= 4 is 23.9 Å². The van der Waals surface area contributed by atoms with Gasteiger partial charge in [0.25, 0.3) is 0 Å². The third-order valence-electron chi connectivity index (χ3n) is 4.77. The second-order valence-corrected chi connectivity index (χ2v) is 7.11. The van der Waals surface area contributed by atoms with Crippen LogP contribution in [0.1, 0.15) is 28.4 Å². The van der Waals surface area contributed by atoms with Crippen molar-refractivity contribution in [3.8, 4) is 17.2 Å². The third kappa shape index (κ3) is 5.12. The summed E-state index contributed by atoms with van der Waals surface area (Å²) in [4.78, 5) is 29.0. The lowest BCUT2D eigenvalue weighted by molar-refractivity contribution is -0.129. The van der Waals surface area contributed by atoms with Crippen molar-refractivity contribution in [1.82, 2.24) is 0 Å². The summed E-state index contributed by atoms with van der Waals surface area (Å²) in [7, 11) is 1.51. The van der Waals surface area contributed by atoms with E-state index in [4.69, 9.17) is 18.9 Å². The fourth-order valence-electron chi connectivity index (χ4n) is 3.19. The summed E-state index contributed by atoms with van der Waals surface area (Å²) in [6.45, 7) is 2.12. The van der Waals surface area contributed by atoms with Crippen LogP contribution in [0.3, 0.4) is 0 Å². The Hall–Kier alpha value is -4.46. The van der Waals surface area contributed by atoms with Gasteiger partial charge in [-0.3, -0.25) is 0 Å². The molecule has 0 unspecified atom stereocenters. The zero-order valence-electron chi connectivity index (χ0n) is 18.4. The number of esters is 2. The number of carbonyl (C=O) groups excluding carboxylic acids is 2. The van der Waals surface area contributed by atoms with Crippen molar-refractivity contribution in [3.63, 3.8) is 0 Å². The Morgan fingerprint density at radius 1 is 1.06 bits per heavy atom. The van der Waals surface area contributed by atoms with E-state index >= 15 is 0 Å². The minimum atomic E-state index is -0.661. The largest absolute Gasteiger partial charge is 0.497 e. The molecule has 0 saturated heterocycles. The van der Waals surface area contributed by atoms with Gasteiger partial charge in [0.1, 0.15) is 11.6 Å². The molecule has 0 saturated carbocycles. The number of hydrogen-bond donors (Lipinski definition) is 0. The monoisotopic (exact) mass is 461 g/mol. The first-order chi connectivity index (χ1) is 16.5. The fourth-order valence-corrected chi connectivity index (χ4v) is 3.19. The molecule has 0 radical (unpaired) electrons. The highest BCUT2D eigenvalue weighted by Gasteiger charge is 2.24. The quantitative estimate of drug-likeness (QED) is 0.286. The van der Waals surface area contributed by atoms with Crippen LogP contribution in [0.15, 0.2) is 77.4 Å². The van der Waals surface area contributed by atoms with Gasteiger partial charge in [-0.15, -0.1) is 0 Å². The molecule has 3 aromatic carbocycles. The van der Waals surface area contributed by atoms with Gasteiger partial charge in [0, 0.05) is 5.56 Å². The van der Waals surface area contributed by atoms with Crippen LogP contribution in [0.25, 0.3) is 6.08 Å². The fraction of sp³-hybridized carbons (Fsp3) is 0.115. The average Bonchev–Trinajstić information content (AvgIpc) is 3.21. The number of methoxy groups -OCH3 is 1. The van der Waals surface area contributed by atoms with E-state index in [9.17, 15) is 14.0 Å². The van der Waals surface area contributed by atoms with Gasteiger partial charge < -0.3 is 18.9 Å². The van der Waals surface area contributed by atoms with Crippen LogP contribution in [0.4, 0.5) is 4.39 Å². The van der Waals surface area contributed by atoms with Crippen LogP contribution in [0.5, 0.6) is 17.2 Å². The van der Waals surface area contributed by atoms with E-state index in [1.165, 1.54) is 31.4 Å². The Bertz CT molecular complexity index is 1310. The predicted octanol–water partition coefficient (Wildman–Crippen LogP) is 4.80. The molecule has 0 aliphatic carbocycles. The Morgan fingerprint density at radius 2 is 1.88 bits per heavy atom. The predicted molar refractivity (Wildman–Crippen MR) is 123 cm³/mol. The molecule has 1 heterocycles. The standard InChI is InChI=1S/C26H20FNO6/c1-3-32-23-13-16(10-11-22(23)33-25(29)18-7-5-9-20(15-18)31-2)12-21-26(30)34-24(28-21)17-6-4-8-19(27)14-17/h4-15H,3H2,1-2H3. The lowest BCUT2D eigenvalue weighted by Crippen LogP contribution is -2.10. The van der Waals surface area contributed by atoms with Crippen LogP contribution in [0.2, 0.25) is 0 Å². The van der Waals surface area contributed by atoms with Crippen molar-refractivity contribution < 1.29 is 32.9 Å². The molecule has 0 bridgehead atoms. The Labute approximate surface area is 195 Å². The van der Waals surface area contributed by atoms with Gasteiger partial charge >= 0.3 is 11.9 Å². The summed E-state index contributed by atoms with van der Waals surface area (Å²) < 4.78 is 35.0. The maximum atomic E-state index is 13.5. The molecule has 1 aliphatic heterocycles. The maximum Gasteiger partial charge on any atom is 0.363 e. The molecular formula is C26H20FNO6. The minimum Gasteiger partial charge on any atom is -0.497 e. The summed E-state index contributed by atoms with van der Waals surface area (Å²) >= 11 is 0. The summed E-state index contributed by atoms with van der Waals surface area (Å²) in [5, 5.41) is 0. The average molecular weight is 461 g/mol. The smallest absolute Gasteiger partial charge is 0.363 e. The second kappa shape index (κ2) is 9.99. The molecule has 4 rings (SSSR count). The van der Waals surface area contributed by atoms with E-state index in [2.05, 4.69) is 4.99 Å². The van der Waals surface area contributed by atoms with Crippen molar-refractivity contribution in [3.05, 3.63) is 94.9 Å². The first-order valence-corrected chi connectivity index (χ1v) is 10.4. The van der Waals surface area contributed by atoms with E-state index in [1.807, 2.05) is 0 Å². The van der Waals surface area contributed by atoms with Gasteiger partial charge in [0.2, 0.25) is 5.90 Å². The minimum absolute atomic E-state index is 0.0182. The van der Waals surface area contributed by atoms with Crippen molar-refractivity contribution in [1.29, 1.82) is 0 Å². The molecule has 0 fully saturated rings. The lowest BCUT2D eigenvalue weighted by atomic mass is 10.1. The van der Waals surface area contributed by atoms with Gasteiger partial charge in [-0.2, -0.15) is 0 Å². The van der Waals surface area contributed by atoms with Crippen LogP contribution in [0, 0.1) is 5.82 Å². The van der Waals surface area contributed by atoms with Gasteiger partial charge in [-0.25, -0.2) is 19.0 Å². The van der Waals surface area contributed by atoms with E-state index in [0.717, 1.165) is 0 Å². The maximum absolute atomic E-state index is 13.5. The number of halogens is 1. The molecule has 8 heteroatoms. The molecule has 172 valence electrons. The van der Waals surface area contributed by atoms with Gasteiger partial charge in [0.05, 0.1) is 19.3 Å². The summed E-state index contributed by atoms with van der Waals surface area (Å²) in [6, 6.07) is 17.0. The van der Waals surface area contributed by atoms with Crippen molar-refractivity contribution in [2.45, 2.75) is 6.92 Å². The van der Waals surface area contributed by atoms with E-state index < -0.39 is 17.8 Å². The Balaban J connectivity index is 1.59. The lowest BCUT2D eigenvalue weighted by Gasteiger charge is -2.12. The van der Waals surface area contributed by atoms with Crippen LogP contribution in [-0.4, -0.2) is 31.6 Å². The normalized spacial score (nSPS) is 13.9. The second-order valence-electron chi connectivity index (χ2n) is 7.11.